The van der Waals surface area contributed by atoms with E-state index in [0.717, 1.165) is 11.3 Å². The van der Waals surface area contributed by atoms with Crippen LogP contribution in [0.4, 0.5) is 0 Å². The van der Waals surface area contributed by atoms with Crippen LogP contribution in [0.15, 0.2) is 24.3 Å². The van der Waals surface area contributed by atoms with Gasteiger partial charge in [0.15, 0.2) is 0 Å². The van der Waals surface area contributed by atoms with Crippen LogP contribution in [-0.4, -0.2) is 23.4 Å². The maximum absolute atomic E-state index is 10.9. The molecular formula is C16H24O3. The summed E-state index contributed by atoms with van der Waals surface area (Å²) in [6, 6.07) is 7.78. The molecule has 1 unspecified atom stereocenters. The van der Waals surface area contributed by atoms with Crippen LogP contribution in [0.5, 0.6) is 5.75 Å². The van der Waals surface area contributed by atoms with Gasteiger partial charge in [0.05, 0.1) is 23.9 Å². The SMILES string of the molecule is CC(C)Oc1cccc(C2(O)CCOC(C)(C)C2)c1. The Bertz CT molecular complexity index is 439. The number of hydrogen-bond donors (Lipinski definition) is 1. The van der Waals surface area contributed by atoms with Crippen molar-refractivity contribution in [3.05, 3.63) is 29.8 Å². The largest absolute Gasteiger partial charge is 0.491 e. The van der Waals surface area contributed by atoms with Crippen LogP contribution >= 0.6 is 0 Å². The molecule has 1 N–H and O–H groups in total. The fourth-order valence-corrected chi connectivity index (χ4v) is 2.72. The van der Waals surface area contributed by atoms with Gasteiger partial charge >= 0.3 is 0 Å². The van der Waals surface area contributed by atoms with Gasteiger partial charge in [-0.25, -0.2) is 0 Å². The van der Waals surface area contributed by atoms with Crippen LogP contribution < -0.4 is 4.74 Å². The summed E-state index contributed by atoms with van der Waals surface area (Å²) in [5.41, 5.74) is -0.193. The lowest BCUT2D eigenvalue weighted by atomic mass is 9.79. The quantitative estimate of drug-likeness (QED) is 0.910. The minimum absolute atomic E-state index is 0.135. The van der Waals surface area contributed by atoms with E-state index in [4.69, 9.17) is 9.47 Å². The van der Waals surface area contributed by atoms with E-state index in [1.807, 2.05) is 52.0 Å². The lowest BCUT2D eigenvalue weighted by molar-refractivity contribution is -0.148. The third-order valence-corrected chi connectivity index (χ3v) is 3.47. The monoisotopic (exact) mass is 264 g/mol. The van der Waals surface area contributed by atoms with Crippen LogP contribution in [0.3, 0.4) is 0 Å². The van der Waals surface area contributed by atoms with Gasteiger partial charge < -0.3 is 14.6 Å². The Labute approximate surface area is 115 Å². The van der Waals surface area contributed by atoms with E-state index < -0.39 is 5.60 Å². The van der Waals surface area contributed by atoms with Gasteiger partial charge in [-0.1, -0.05) is 12.1 Å². The van der Waals surface area contributed by atoms with Gasteiger partial charge in [0.1, 0.15) is 5.75 Å². The highest BCUT2D eigenvalue weighted by atomic mass is 16.5. The van der Waals surface area contributed by atoms with Crippen molar-refractivity contribution in [1.82, 2.24) is 0 Å². The summed E-state index contributed by atoms with van der Waals surface area (Å²) >= 11 is 0. The van der Waals surface area contributed by atoms with Crippen molar-refractivity contribution in [2.24, 2.45) is 0 Å². The lowest BCUT2D eigenvalue weighted by Crippen LogP contribution is -2.43. The molecule has 1 aromatic carbocycles. The third-order valence-electron chi connectivity index (χ3n) is 3.47. The van der Waals surface area contributed by atoms with Crippen LogP contribution in [-0.2, 0) is 10.3 Å². The first-order valence-electron chi connectivity index (χ1n) is 6.94. The molecule has 1 heterocycles. The van der Waals surface area contributed by atoms with Crippen molar-refractivity contribution in [3.63, 3.8) is 0 Å². The number of aliphatic hydroxyl groups is 1. The van der Waals surface area contributed by atoms with Crippen LogP contribution in [0.2, 0.25) is 0 Å². The average Bonchev–Trinajstić information content (AvgIpc) is 2.26. The Balaban J connectivity index is 2.25. The van der Waals surface area contributed by atoms with E-state index in [1.165, 1.54) is 0 Å². The zero-order chi connectivity index (χ0) is 14.1. The normalized spacial score (nSPS) is 26.4. The van der Waals surface area contributed by atoms with Crippen molar-refractivity contribution in [2.45, 2.75) is 57.8 Å². The molecule has 19 heavy (non-hydrogen) atoms. The van der Waals surface area contributed by atoms with E-state index >= 15 is 0 Å². The molecular weight excluding hydrogens is 240 g/mol. The smallest absolute Gasteiger partial charge is 0.120 e. The molecule has 0 radical (unpaired) electrons. The zero-order valence-electron chi connectivity index (χ0n) is 12.3. The van der Waals surface area contributed by atoms with Crippen molar-refractivity contribution in [2.75, 3.05) is 6.61 Å². The zero-order valence-corrected chi connectivity index (χ0v) is 12.3. The number of ether oxygens (including phenoxy) is 2. The minimum Gasteiger partial charge on any atom is -0.491 e. The Hall–Kier alpha value is -1.06. The second-order valence-corrected chi connectivity index (χ2v) is 6.26. The first kappa shape index (κ1) is 14.4. The molecule has 0 amide bonds. The summed E-state index contributed by atoms with van der Waals surface area (Å²) in [6.07, 6.45) is 1.36. The minimum atomic E-state index is -0.821. The molecule has 0 spiro atoms. The van der Waals surface area contributed by atoms with E-state index in [2.05, 4.69) is 0 Å². The topological polar surface area (TPSA) is 38.7 Å². The first-order valence-corrected chi connectivity index (χ1v) is 6.94. The van der Waals surface area contributed by atoms with Crippen LogP contribution in [0, 0.1) is 0 Å². The molecule has 1 fully saturated rings. The fraction of sp³-hybridized carbons (Fsp3) is 0.625. The predicted molar refractivity (Wildman–Crippen MR) is 75.4 cm³/mol. The van der Waals surface area contributed by atoms with Gasteiger partial charge in [0, 0.05) is 12.8 Å². The molecule has 1 aliphatic heterocycles. The summed E-state index contributed by atoms with van der Waals surface area (Å²) in [4.78, 5) is 0. The van der Waals surface area contributed by atoms with Gasteiger partial charge in [-0.3, -0.25) is 0 Å². The summed E-state index contributed by atoms with van der Waals surface area (Å²) < 4.78 is 11.4. The molecule has 1 saturated heterocycles. The maximum Gasteiger partial charge on any atom is 0.120 e. The molecule has 0 aliphatic carbocycles. The van der Waals surface area contributed by atoms with Gasteiger partial charge in [0.25, 0.3) is 0 Å². The van der Waals surface area contributed by atoms with Crippen LogP contribution in [0.1, 0.15) is 46.1 Å². The van der Waals surface area contributed by atoms with E-state index in [1.54, 1.807) is 0 Å². The van der Waals surface area contributed by atoms with Crippen molar-refractivity contribution < 1.29 is 14.6 Å². The number of hydrogen-bond acceptors (Lipinski definition) is 3. The maximum atomic E-state index is 10.9. The second kappa shape index (κ2) is 5.14. The van der Waals surface area contributed by atoms with Crippen molar-refractivity contribution >= 4 is 0 Å². The molecule has 0 bridgehead atoms. The van der Waals surface area contributed by atoms with Gasteiger partial charge in [-0.2, -0.15) is 0 Å². The highest BCUT2D eigenvalue weighted by Gasteiger charge is 2.40. The van der Waals surface area contributed by atoms with Crippen molar-refractivity contribution in [3.8, 4) is 5.75 Å². The van der Waals surface area contributed by atoms with Crippen molar-refractivity contribution in [1.29, 1.82) is 0 Å². The Morgan fingerprint density at radius 1 is 1.32 bits per heavy atom. The van der Waals surface area contributed by atoms with Gasteiger partial charge in [0.2, 0.25) is 0 Å². The molecule has 2 rings (SSSR count). The standard InChI is InChI=1S/C16H24O3/c1-12(2)19-14-7-5-6-13(10-14)16(17)8-9-18-15(3,4)11-16/h5-7,10,12,17H,8-9,11H2,1-4H3. The molecule has 1 aliphatic rings. The van der Waals surface area contributed by atoms with Gasteiger partial charge in [-0.05, 0) is 45.4 Å². The molecule has 1 atom stereocenters. The van der Waals surface area contributed by atoms with Crippen LogP contribution in [0.25, 0.3) is 0 Å². The van der Waals surface area contributed by atoms with E-state index in [0.29, 0.717) is 19.4 Å². The highest BCUT2D eigenvalue weighted by Crippen LogP contribution is 2.40. The summed E-state index contributed by atoms with van der Waals surface area (Å²) in [5.74, 6) is 0.810. The summed E-state index contributed by atoms with van der Waals surface area (Å²) in [6.45, 7) is 8.62. The van der Waals surface area contributed by atoms with E-state index in [-0.39, 0.29) is 11.7 Å². The molecule has 0 saturated carbocycles. The molecule has 1 aromatic rings. The van der Waals surface area contributed by atoms with Gasteiger partial charge in [-0.15, -0.1) is 0 Å². The Kier molecular flexibility index (Phi) is 3.88. The summed E-state index contributed by atoms with van der Waals surface area (Å²) in [7, 11) is 0. The molecule has 3 heteroatoms. The average molecular weight is 264 g/mol. The summed E-state index contributed by atoms with van der Waals surface area (Å²) in [5, 5.41) is 10.9. The third kappa shape index (κ3) is 3.48. The lowest BCUT2D eigenvalue weighted by Gasteiger charge is -2.41. The number of benzene rings is 1. The van der Waals surface area contributed by atoms with E-state index in [9.17, 15) is 5.11 Å². The molecule has 0 aromatic heterocycles. The fourth-order valence-electron chi connectivity index (χ4n) is 2.72. The molecule has 106 valence electrons. The highest BCUT2D eigenvalue weighted by molar-refractivity contribution is 5.33. The Morgan fingerprint density at radius 2 is 2.05 bits per heavy atom. The Morgan fingerprint density at radius 3 is 2.68 bits per heavy atom. The predicted octanol–water partition coefficient (Wildman–Crippen LogP) is 3.25. The number of rotatable bonds is 3. The first-order chi connectivity index (χ1) is 8.81. The molecule has 3 nitrogen and oxygen atoms in total. The second-order valence-electron chi connectivity index (χ2n) is 6.26.